The van der Waals surface area contributed by atoms with Crippen molar-refractivity contribution in [1.29, 1.82) is 0 Å². The van der Waals surface area contributed by atoms with Gasteiger partial charge in [0.1, 0.15) is 5.82 Å². The number of benzene rings is 2. The van der Waals surface area contributed by atoms with E-state index >= 15 is 0 Å². The van der Waals surface area contributed by atoms with Crippen LogP contribution in [0.2, 0.25) is 0 Å². The van der Waals surface area contributed by atoms with Crippen molar-refractivity contribution < 1.29 is 22.7 Å². The fourth-order valence-corrected chi connectivity index (χ4v) is 3.62. The predicted octanol–water partition coefficient (Wildman–Crippen LogP) is 5.19. The molecule has 3 rings (SSSR count). The highest BCUT2D eigenvalue weighted by molar-refractivity contribution is 5.52. The quantitative estimate of drug-likeness (QED) is 0.635. The molecule has 0 saturated heterocycles. The van der Waals surface area contributed by atoms with Crippen LogP contribution in [0, 0.1) is 5.82 Å². The van der Waals surface area contributed by atoms with Crippen molar-refractivity contribution in [2.24, 2.45) is 0 Å². The van der Waals surface area contributed by atoms with E-state index in [2.05, 4.69) is 5.32 Å². The average Bonchev–Trinajstić information content (AvgIpc) is 3.42. The van der Waals surface area contributed by atoms with E-state index < -0.39 is 35.9 Å². The lowest BCUT2D eigenvalue weighted by Gasteiger charge is -2.35. The van der Waals surface area contributed by atoms with Gasteiger partial charge in [0, 0.05) is 19.2 Å². The van der Waals surface area contributed by atoms with Crippen molar-refractivity contribution in [3.8, 4) is 0 Å². The van der Waals surface area contributed by atoms with Crippen molar-refractivity contribution in [3.05, 3.63) is 77.2 Å². The van der Waals surface area contributed by atoms with Gasteiger partial charge in [-0.1, -0.05) is 42.5 Å². The van der Waals surface area contributed by atoms with E-state index in [1.807, 2.05) is 6.07 Å². The Morgan fingerprint density at radius 3 is 2.18 bits per heavy atom. The first kappa shape index (κ1) is 20.4. The number of hydrogen-bond donors (Lipinski definition) is 2. The second-order valence-corrected chi connectivity index (χ2v) is 7.50. The summed E-state index contributed by atoms with van der Waals surface area (Å²) < 4.78 is 54.9. The first-order chi connectivity index (χ1) is 13.2. The molecule has 150 valence electrons. The zero-order valence-corrected chi connectivity index (χ0v) is 15.6. The Balaban J connectivity index is 1.88. The summed E-state index contributed by atoms with van der Waals surface area (Å²) in [5.74, 6) is -0.436. The van der Waals surface area contributed by atoms with Crippen molar-refractivity contribution >= 4 is 6.08 Å². The predicted molar refractivity (Wildman–Crippen MR) is 101 cm³/mol. The molecular formula is C22H23F4NO. The first-order valence-electron chi connectivity index (χ1n) is 9.16. The summed E-state index contributed by atoms with van der Waals surface area (Å²) in [6, 6.07) is 14.5. The third-order valence-corrected chi connectivity index (χ3v) is 5.41. The van der Waals surface area contributed by atoms with Crippen LogP contribution in [-0.2, 0) is 5.41 Å². The molecule has 1 aliphatic carbocycles. The molecule has 28 heavy (non-hydrogen) atoms. The maximum atomic E-state index is 13.9. The maximum absolute atomic E-state index is 13.9. The third kappa shape index (κ3) is 4.38. The van der Waals surface area contributed by atoms with Gasteiger partial charge in [-0.15, -0.1) is 0 Å². The van der Waals surface area contributed by atoms with Gasteiger partial charge < -0.3 is 10.4 Å². The molecule has 2 N–H and O–H groups in total. The van der Waals surface area contributed by atoms with E-state index in [1.165, 1.54) is 24.3 Å². The van der Waals surface area contributed by atoms with Gasteiger partial charge in [0.05, 0.1) is 0 Å². The van der Waals surface area contributed by atoms with Gasteiger partial charge in [-0.25, -0.2) is 4.39 Å². The number of hydrogen-bond acceptors (Lipinski definition) is 2. The SMILES string of the molecule is CN/C(=C\c1ccccc1)CC(O)(CC1(c2ccc(F)cc2)CC1)C(F)(F)F. The van der Waals surface area contributed by atoms with Crippen LogP contribution in [0.15, 0.2) is 60.3 Å². The number of aliphatic hydroxyl groups is 1. The Bertz CT molecular complexity index is 826. The summed E-state index contributed by atoms with van der Waals surface area (Å²) in [6.45, 7) is 0. The summed E-state index contributed by atoms with van der Waals surface area (Å²) in [6.07, 6.45) is -3.15. The molecular weight excluding hydrogens is 370 g/mol. The topological polar surface area (TPSA) is 32.3 Å². The van der Waals surface area contributed by atoms with Gasteiger partial charge in [-0.05, 0) is 54.0 Å². The summed E-state index contributed by atoms with van der Waals surface area (Å²) in [7, 11) is 1.54. The van der Waals surface area contributed by atoms with Crippen molar-refractivity contribution in [3.63, 3.8) is 0 Å². The molecule has 0 spiro atoms. The average molecular weight is 393 g/mol. The summed E-state index contributed by atoms with van der Waals surface area (Å²) in [4.78, 5) is 0. The Kier molecular flexibility index (Phi) is 5.53. The minimum absolute atomic E-state index is 0.293. The molecule has 1 aliphatic rings. The normalized spacial score (nSPS) is 18.4. The number of halogens is 4. The zero-order chi connectivity index (χ0) is 20.4. The van der Waals surface area contributed by atoms with E-state index in [4.69, 9.17) is 0 Å². The largest absolute Gasteiger partial charge is 0.417 e. The molecule has 0 bridgehead atoms. The van der Waals surface area contributed by atoms with Crippen LogP contribution in [-0.4, -0.2) is 23.9 Å². The molecule has 0 aromatic heterocycles. The third-order valence-electron chi connectivity index (χ3n) is 5.41. The van der Waals surface area contributed by atoms with Crippen LogP contribution in [0.25, 0.3) is 6.08 Å². The Morgan fingerprint density at radius 2 is 1.68 bits per heavy atom. The Morgan fingerprint density at radius 1 is 1.07 bits per heavy atom. The van der Waals surface area contributed by atoms with Gasteiger partial charge in [-0.2, -0.15) is 13.2 Å². The van der Waals surface area contributed by atoms with E-state index in [0.717, 1.165) is 5.56 Å². The lowest BCUT2D eigenvalue weighted by atomic mass is 9.80. The lowest BCUT2D eigenvalue weighted by molar-refractivity contribution is -0.264. The molecule has 2 aromatic carbocycles. The second kappa shape index (κ2) is 7.59. The highest BCUT2D eigenvalue weighted by atomic mass is 19.4. The molecule has 1 atom stereocenters. The first-order valence-corrected chi connectivity index (χ1v) is 9.16. The fourth-order valence-electron chi connectivity index (χ4n) is 3.62. The minimum atomic E-state index is -4.80. The monoisotopic (exact) mass is 393 g/mol. The van der Waals surface area contributed by atoms with Crippen molar-refractivity contribution in [2.75, 3.05) is 7.05 Å². The molecule has 2 aromatic rings. The molecule has 0 heterocycles. The summed E-state index contributed by atoms with van der Waals surface area (Å²) >= 11 is 0. The lowest BCUT2D eigenvalue weighted by Crippen LogP contribution is -2.48. The van der Waals surface area contributed by atoms with Gasteiger partial charge in [0.25, 0.3) is 0 Å². The van der Waals surface area contributed by atoms with Crippen LogP contribution in [0.4, 0.5) is 17.6 Å². The molecule has 2 nitrogen and oxygen atoms in total. The molecule has 1 saturated carbocycles. The molecule has 1 unspecified atom stereocenters. The summed E-state index contributed by atoms with van der Waals surface area (Å²) in [5.41, 5.74) is -1.99. The molecule has 0 aliphatic heterocycles. The van der Waals surface area contributed by atoms with E-state index in [9.17, 15) is 22.7 Å². The Labute approximate surface area is 161 Å². The van der Waals surface area contributed by atoms with E-state index in [1.54, 1.807) is 37.4 Å². The van der Waals surface area contributed by atoms with E-state index in [-0.39, 0.29) is 0 Å². The van der Waals surface area contributed by atoms with Gasteiger partial charge in [0.15, 0.2) is 5.60 Å². The highest BCUT2D eigenvalue weighted by Gasteiger charge is 2.60. The number of alkyl halides is 3. The molecule has 6 heteroatoms. The maximum Gasteiger partial charge on any atom is 0.417 e. The van der Waals surface area contributed by atoms with Crippen LogP contribution >= 0.6 is 0 Å². The van der Waals surface area contributed by atoms with Gasteiger partial charge in [0.2, 0.25) is 0 Å². The number of rotatable bonds is 7. The fraction of sp³-hybridized carbons (Fsp3) is 0.364. The smallest absolute Gasteiger partial charge is 0.391 e. The van der Waals surface area contributed by atoms with Crippen LogP contribution in [0.5, 0.6) is 0 Å². The zero-order valence-electron chi connectivity index (χ0n) is 15.6. The molecule has 1 fully saturated rings. The number of nitrogens with one attached hydrogen (secondary N) is 1. The van der Waals surface area contributed by atoms with Crippen molar-refractivity contribution in [1.82, 2.24) is 5.32 Å². The Hall–Kier alpha value is -2.34. The van der Waals surface area contributed by atoms with Gasteiger partial charge >= 0.3 is 6.18 Å². The molecule has 0 amide bonds. The van der Waals surface area contributed by atoms with Crippen LogP contribution in [0.1, 0.15) is 36.8 Å². The van der Waals surface area contributed by atoms with Crippen LogP contribution < -0.4 is 5.32 Å². The van der Waals surface area contributed by atoms with E-state index in [0.29, 0.717) is 24.1 Å². The van der Waals surface area contributed by atoms with Crippen molar-refractivity contribution in [2.45, 2.75) is 42.9 Å². The summed E-state index contributed by atoms with van der Waals surface area (Å²) in [5, 5.41) is 13.5. The molecule has 0 radical (unpaired) electrons. The standard InChI is InChI=1S/C22H23F4NO/c1-27-19(13-16-5-3-2-4-6-16)14-21(28,22(24,25)26)15-20(11-12-20)17-7-9-18(23)10-8-17/h2-10,13,27-28H,11-12,14-15H2,1H3/b19-13-. The van der Waals surface area contributed by atoms with Crippen LogP contribution in [0.3, 0.4) is 0 Å². The highest BCUT2D eigenvalue weighted by Crippen LogP contribution is 2.56. The van der Waals surface area contributed by atoms with Gasteiger partial charge in [-0.3, -0.25) is 0 Å². The second-order valence-electron chi connectivity index (χ2n) is 7.50. The minimum Gasteiger partial charge on any atom is -0.391 e.